The fourth-order valence-electron chi connectivity index (χ4n) is 2.25. The standard InChI is InChI=1S/C12H14F2/c1-7-3-4-10-8(2)12(14)11(13)6-9(10)5-7/h6-7H,3-5H2,1-2H3. The molecule has 0 spiro atoms. The van der Waals surface area contributed by atoms with Gasteiger partial charge in [0, 0.05) is 0 Å². The molecule has 0 amide bonds. The third-order valence-corrected chi connectivity index (χ3v) is 3.14. The zero-order chi connectivity index (χ0) is 10.3. The average molecular weight is 196 g/mol. The Labute approximate surface area is 82.9 Å². The second kappa shape index (κ2) is 3.34. The van der Waals surface area contributed by atoms with Crippen LogP contribution in [0.5, 0.6) is 0 Å². The molecule has 1 aliphatic carbocycles. The molecule has 1 aromatic carbocycles. The maximum Gasteiger partial charge on any atom is 0.162 e. The molecule has 0 N–H and O–H groups in total. The molecule has 0 saturated carbocycles. The monoisotopic (exact) mass is 196 g/mol. The highest BCUT2D eigenvalue weighted by Gasteiger charge is 2.20. The van der Waals surface area contributed by atoms with Crippen LogP contribution in [-0.4, -0.2) is 0 Å². The lowest BCUT2D eigenvalue weighted by Gasteiger charge is -2.23. The Morgan fingerprint density at radius 2 is 2.07 bits per heavy atom. The zero-order valence-corrected chi connectivity index (χ0v) is 8.53. The van der Waals surface area contributed by atoms with E-state index < -0.39 is 11.6 Å². The van der Waals surface area contributed by atoms with Gasteiger partial charge in [-0.3, -0.25) is 0 Å². The molecule has 0 aliphatic heterocycles. The Bertz CT molecular complexity index is 369. The third kappa shape index (κ3) is 1.43. The molecule has 1 atom stereocenters. The number of fused-ring (bicyclic) bond motifs is 1. The van der Waals surface area contributed by atoms with Crippen LogP contribution in [0.15, 0.2) is 6.07 Å². The van der Waals surface area contributed by atoms with E-state index in [-0.39, 0.29) is 0 Å². The van der Waals surface area contributed by atoms with Gasteiger partial charge in [0.25, 0.3) is 0 Å². The molecule has 2 rings (SSSR count). The number of benzene rings is 1. The first-order valence-electron chi connectivity index (χ1n) is 5.06. The molecule has 0 aromatic heterocycles. The highest BCUT2D eigenvalue weighted by atomic mass is 19.2. The Morgan fingerprint density at radius 3 is 2.79 bits per heavy atom. The largest absolute Gasteiger partial charge is 0.204 e. The van der Waals surface area contributed by atoms with Crippen molar-refractivity contribution in [2.75, 3.05) is 0 Å². The normalized spacial score (nSPS) is 20.7. The molecule has 1 unspecified atom stereocenters. The highest BCUT2D eigenvalue weighted by molar-refractivity contribution is 5.38. The van der Waals surface area contributed by atoms with E-state index in [1.54, 1.807) is 6.92 Å². The minimum atomic E-state index is -0.699. The van der Waals surface area contributed by atoms with E-state index in [1.165, 1.54) is 6.07 Å². The number of hydrogen-bond acceptors (Lipinski definition) is 0. The van der Waals surface area contributed by atoms with Gasteiger partial charge in [-0.05, 0) is 54.9 Å². The van der Waals surface area contributed by atoms with Crippen molar-refractivity contribution in [1.82, 2.24) is 0 Å². The van der Waals surface area contributed by atoms with Gasteiger partial charge in [0.2, 0.25) is 0 Å². The summed E-state index contributed by atoms with van der Waals surface area (Å²) in [7, 11) is 0. The minimum Gasteiger partial charge on any atom is -0.204 e. The van der Waals surface area contributed by atoms with Gasteiger partial charge in [0.05, 0.1) is 0 Å². The van der Waals surface area contributed by atoms with Gasteiger partial charge in [0.1, 0.15) is 0 Å². The van der Waals surface area contributed by atoms with Gasteiger partial charge < -0.3 is 0 Å². The molecule has 1 aromatic rings. The molecule has 0 bridgehead atoms. The Balaban J connectivity index is 2.54. The molecule has 76 valence electrons. The molecule has 0 radical (unpaired) electrons. The van der Waals surface area contributed by atoms with Crippen molar-refractivity contribution in [3.05, 3.63) is 34.4 Å². The summed E-state index contributed by atoms with van der Waals surface area (Å²) in [5.74, 6) is -0.777. The van der Waals surface area contributed by atoms with E-state index in [0.717, 1.165) is 30.4 Å². The summed E-state index contributed by atoms with van der Waals surface area (Å²) in [4.78, 5) is 0. The maximum absolute atomic E-state index is 13.2. The molecular formula is C12H14F2. The predicted octanol–water partition coefficient (Wildman–Crippen LogP) is 3.40. The quantitative estimate of drug-likeness (QED) is 0.596. The van der Waals surface area contributed by atoms with Gasteiger partial charge in [0.15, 0.2) is 11.6 Å². The summed E-state index contributed by atoms with van der Waals surface area (Å²) in [6.07, 6.45) is 2.85. The lowest BCUT2D eigenvalue weighted by atomic mass is 9.83. The van der Waals surface area contributed by atoms with E-state index in [4.69, 9.17) is 0 Å². The molecule has 1 aliphatic rings. The van der Waals surface area contributed by atoms with Crippen LogP contribution in [0.1, 0.15) is 30.0 Å². The SMILES string of the molecule is Cc1c(F)c(F)cc2c1CCC(C)C2. The molecule has 0 heterocycles. The first kappa shape index (κ1) is 9.63. The van der Waals surface area contributed by atoms with Crippen LogP contribution < -0.4 is 0 Å². The van der Waals surface area contributed by atoms with Crippen LogP contribution >= 0.6 is 0 Å². The van der Waals surface area contributed by atoms with Crippen molar-refractivity contribution in [2.45, 2.75) is 33.1 Å². The van der Waals surface area contributed by atoms with Gasteiger partial charge in [-0.15, -0.1) is 0 Å². The van der Waals surface area contributed by atoms with E-state index in [1.807, 2.05) is 0 Å². The maximum atomic E-state index is 13.2. The van der Waals surface area contributed by atoms with E-state index in [2.05, 4.69) is 6.92 Å². The van der Waals surface area contributed by atoms with E-state index in [9.17, 15) is 8.78 Å². The van der Waals surface area contributed by atoms with Crippen molar-refractivity contribution in [1.29, 1.82) is 0 Å². The lowest BCUT2D eigenvalue weighted by molar-refractivity contribution is 0.470. The summed E-state index contributed by atoms with van der Waals surface area (Å²) < 4.78 is 26.4. The summed E-state index contributed by atoms with van der Waals surface area (Å²) >= 11 is 0. The second-order valence-corrected chi connectivity index (χ2v) is 4.28. The topological polar surface area (TPSA) is 0 Å². The highest BCUT2D eigenvalue weighted by Crippen LogP contribution is 2.30. The first-order valence-corrected chi connectivity index (χ1v) is 5.06. The van der Waals surface area contributed by atoms with Gasteiger partial charge in [-0.2, -0.15) is 0 Å². The molecular weight excluding hydrogens is 182 g/mol. The summed E-state index contributed by atoms with van der Waals surface area (Å²) in [5.41, 5.74) is 2.54. The Morgan fingerprint density at radius 1 is 1.36 bits per heavy atom. The van der Waals surface area contributed by atoms with Crippen LogP contribution in [-0.2, 0) is 12.8 Å². The molecule has 0 fully saturated rings. The summed E-state index contributed by atoms with van der Waals surface area (Å²) in [6.45, 7) is 3.83. The van der Waals surface area contributed by atoms with Crippen LogP contribution in [0.4, 0.5) is 8.78 Å². The number of halogens is 2. The number of rotatable bonds is 0. The summed E-state index contributed by atoms with van der Waals surface area (Å²) in [5, 5.41) is 0. The van der Waals surface area contributed by atoms with Crippen molar-refractivity contribution < 1.29 is 8.78 Å². The zero-order valence-electron chi connectivity index (χ0n) is 8.53. The Hall–Kier alpha value is -0.920. The van der Waals surface area contributed by atoms with Crippen molar-refractivity contribution in [3.8, 4) is 0 Å². The minimum absolute atomic E-state index is 0.506. The fraction of sp³-hybridized carbons (Fsp3) is 0.500. The predicted molar refractivity (Wildman–Crippen MR) is 52.3 cm³/mol. The lowest BCUT2D eigenvalue weighted by Crippen LogP contribution is -2.14. The second-order valence-electron chi connectivity index (χ2n) is 4.28. The van der Waals surface area contributed by atoms with Gasteiger partial charge >= 0.3 is 0 Å². The summed E-state index contributed by atoms with van der Waals surface area (Å²) in [6, 6.07) is 1.37. The molecule has 14 heavy (non-hydrogen) atoms. The van der Waals surface area contributed by atoms with Crippen LogP contribution in [0.3, 0.4) is 0 Å². The van der Waals surface area contributed by atoms with Crippen LogP contribution in [0.2, 0.25) is 0 Å². The first-order chi connectivity index (χ1) is 6.59. The van der Waals surface area contributed by atoms with Crippen molar-refractivity contribution in [2.24, 2.45) is 5.92 Å². The van der Waals surface area contributed by atoms with Gasteiger partial charge in [-0.1, -0.05) is 6.92 Å². The molecule has 0 nitrogen and oxygen atoms in total. The van der Waals surface area contributed by atoms with Crippen molar-refractivity contribution in [3.63, 3.8) is 0 Å². The van der Waals surface area contributed by atoms with Crippen LogP contribution in [0.25, 0.3) is 0 Å². The van der Waals surface area contributed by atoms with Crippen LogP contribution in [0, 0.1) is 24.5 Å². The van der Waals surface area contributed by atoms with E-state index in [0.29, 0.717) is 11.5 Å². The molecule has 0 saturated heterocycles. The fourth-order valence-corrected chi connectivity index (χ4v) is 2.25. The van der Waals surface area contributed by atoms with Crippen molar-refractivity contribution >= 4 is 0 Å². The van der Waals surface area contributed by atoms with E-state index >= 15 is 0 Å². The smallest absolute Gasteiger partial charge is 0.162 e. The Kier molecular flexibility index (Phi) is 2.30. The molecule has 2 heteroatoms. The third-order valence-electron chi connectivity index (χ3n) is 3.14. The van der Waals surface area contributed by atoms with Gasteiger partial charge in [-0.25, -0.2) is 8.78 Å². The average Bonchev–Trinajstić information content (AvgIpc) is 2.14. The number of hydrogen-bond donors (Lipinski definition) is 0.